The van der Waals surface area contributed by atoms with Gasteiger partial charge in [-0.2, -0.15) is 0 Å². The number of imide groups is 1. The number of nitrogens with zero attached hydrogens (tertiary/aromatic N) is 1. The molecule has 1 fully saturated rings. The second kappa shape index (κ2) is 5.66. The molecule has 2 amide bonds. The van der Waals surface area contributed by atoms with Crippen molar-refractivity contribution in [2.75, 3.05) is 4.90 Å². The Labute approximate surface area is 170 Å². The summed E-state index contributed by atoms with van der Waals surface area (Å²) < 4.78 is 0. The molecule has 1 aliphatic heterocycles. The number of carbonyl (C=O) groups excluding carboxylic acids is 2. The summed E-state index contributed by atoms with van der Waals surface area (Å²) in [5.74, 6) is -0.867. The van der Waals surface area contributed by atoms with Gasteiger partial charge in [-0.05, 0) is 40.8 Å². The van der Waals surface area contributed by atoms with Crippen molar-refractivity contribution in [1.82, 2.24) is 0 Å². The number of anilines is 1. The van der Waals surface area contributed by atoms with Crippen molar-refractivity contribution < 1.29 is 9.59 Å². The molecule has 0 N–H and O–H groups in total. The Hall–Kier alpha value is -3.20. The third kappa shape index (κ3) is 1.84. The zero-order valence-corrected chi connectivity index (χ0v) is 16.2. The van der Waals surface area contributed by atoms with Crippen LogP contribution in [0.3, 0.4) is 0 Å². The average molecular weight is 379 g/mol. The number of benzene rings is 3. The second-order valence-electron chi connectivity index (χ2n) is 8.33. The first-order chi connectivity index (χ1) is 14.2. The lowest BCUT2D eigenvalue weighted by Crippen LogP contribution is -2.53. The summed E-state index contributed by atoms with van der Waals surface area (Å²) in [5.41, 5.74) is 5.10. The molecule has 4 aliphatic rings. The van der Waals surface area contributed by atoms with Crippen molar-refractivity contribution in [1.29, 1.82) is 0 Å². The fourth-order valence-electron chi connectivity index (χ4n) is 6.36. The predicted octanol–water partition coefficient (Wildman–Crippen LogP) is 4.65. The molecule has 3 nitrogen and oxygen atoms in total. The van der Waals surface area contributed by atoms with E-state index >= 15 is 0 Å². The van der Waals surface area contributed by atoms with Crippen molar-refractivity contribution in [3.63, 3.8) is 0 Å². The second-order valence-corrected chi connectivity index (χ2v) is 8.33. The van der Waals surface area contributed by atoms with Crippen LogP contribution in [0.15, 0.2) is 78.9 Å². The first kappa shape index (κ1) is 16.7. The van der Waals surface area contributed by atoms with Crippen LogP contribution in [0.4, 0.5) is 5.69 Å². The molecule has 0 radical (unpaired) electrons. The third-order valence-corrected chi connectivity index (χ3v) is 7.37. The summed E-state index contributed by atoms with van der Waals surface area (Å²) in [4.78, 5) is 29.0. The van der Waals surface area contributed by atoms with Gasteiger partial charge in [-0.15, -0.1) is 0 Å². The van der Waals surface area contributed by atoms with Crippen LogP contribution in [0.1, 0.15) is 41.5 Å². The zero-order valence-electron chi connectivity index (χ0n) is 16.2. The predicted molar refractivity (Wildman–Crippen MR) is 112 cm³/mol. The number of para-hydroxylation sites is 1. The van der Waals surface area contributed by atoms with E-state index in [9.17, 15) is 9.59 Å². The number of amides is 2. The van der Waals surface area contributed by atoms with Crippen LogP contribution in [0.5, 0.6) is 0 Å². The highest BCUT2D eigenvalue weighted by Crippen LogP contribution is 2.65. The standard InChI is InChI=1S/C26H21NO2/c1-2-26-19-14-8-6-12-17(19)21(18-13-7-9-15-20(18)26)22-23(26)25(29)27(24(22)28)16-10-4-3-5-11-16/h3-15,21-23H,2H2,1H3/t21?,22-,23-,26?/m1/s1. The molecule has 1 heterocycles. The first-order valence-electron chi connectivity index (χ1n) is 10.3. The number of hydrogen-bond donors (Lipinski definition) is 0. The minimum atomic E-state index is -0.455. The molecule has 3 aromatic carbocycles. The van der Waals surface area contributed by atoms with E-state index in [1.807, 2.05) is 30.3 Å². The quantitative estimate of drug-likeness (QED) is 0.608. The van der Waals surface area contributed by atoms with Gasteiger partial charge < -0.3 is 0 Å². The van der Waals surface area contributed by atoms with Gasteiger partial charge in [0, 0.05) is 11.3 Å². The van der Waals surface area contributed by atoms with E-state index in [4.69, 9.17) is 0 Å². The molecule has 29 heavy (non-hydrogen) atoms. The normalized spacial score (nSPS) is 28.9. The largest absolute Gasteiger partial charge is 0.274 e. The number of hydrogen-bond acceptors (Lipinski definition) is 2. The van der Waals surface area contributed by atoms with Crippen LogP contribution < -0.4 is 4.90 Å². The summed E-state index contributed by atoms with van der Waals surface area (Å²) >= 11 is 0. The number of carbonyl (C=O) groups is 2. The average Bonchev–Trinajstić information content (AvgIpc) is 3.05. The van der Waals surface area contributed by atoms with Gasteiger partial charge in [-0.3, -0.25) is 9.59 Å². The van der Waals surface area contributed by atoms with Crippen LogP contribution >= 0.6 is 0 Å². The molecule has 0 unspecified atom stereocenters. The SMILES string of the molecule is CCC12c3ccccc3C(c3ccccc31)[C@H]1C(=O)N(c3ccccc3)C(=O)[C@@H]12. The highest BCUT2D eigenvalue weighted by molar-refractivity contribution is 6.23. The van der Waals surface area contributed by atoms with E-state index in [1.165, 1.54) is 27.2 Å². The van der Waals surface area contributed by atoms with Crippen molar-refractivity contribution in [3.05, 3.63) is 101 Å². The zero-order chi connectivity index (χ0) is 19.8. The molecule has 3 heteroatoms. The van der Waals surface area contributed by atoms with E-state index in [2.05, 4.69) is 55.5 Å². The first-order valence-corrected chi connectivity index (χ1v) is 10.3. The van der Waals surface area contributed by atoms with Gasteiger partial charge >= 0.3 is 0 Å². The summed E-state index contributed by atoms with van der Waals surface area (Å²) in [6.45, 7) is 2.15. The Balaban J connectivity index is 1.66. The Morgan fingerprint density at radius 3 is 1.90 bits per heavy atom. The van der Waals surface area contributed by atoms with Crippen LogP contribution in [-0.2, 0) is 15.0 Å². The van der Waals surface area contributed by atoms with Crippen LogP contribution in [-0.4, -0.2) is 11.8 Å². The summed E-state index contributed by atoms with van der Waals surface area (Å²) in [7, 11) is 0. The number of rotatable bonds is 2. The summed E-state index contributed by atoms with van der Waals surface area (Å²) in [5, 5.41) is 0. The maximum absolute atomic E-state index is 13.8. The van der Waals surface area contributed by atoms with Gasteiger partial charge in [0.15, 0.2) is 0 Å². The van der Waals surface area contributed by atoms with Gasteiger partial charge in [0.1, 0.15) is 0 Å². The van der Waals surface area contributed by atoms with Gasteiger partial charge in [-0.1, -0.05) is 73.7 Å². The molecule has 0 aromatic heterocycles. The van der Waals surface area contributed by atoms with Crippen LogP contribution in [0.2, 0.25) is 0 Å². The Morgan fingerprint density at radius 1 is 0.759 bits per heavy atom. The molecule has 1 saturated heterocycles. The lowest BCUT2D eigenvalue weighted by molar-refractivity contribution is -0.123. The van der Waals surface area contributed by atoms with Gasteiger partial charge in [0.25, 0.3) is 0 Å². The molecule has 2 bridgehead atoms. The van der Waals surface area contributed by atoms with Crippen molar-refractivity contribution >= 4 is 17.5 Å². The Kier molecular flexibility index (Phi) is 3.27. The Bertz CT molecular complexity index is 1120. The molecule has 0 spiro atoms. The highest BCUT2D eigenvalue weighted by Gasteiger charge is 2.67. The lowest BCUT2D eigenvalue weighted by Gasteiger charge is -2.54. The Morgan fingerprint density at radius 2 is 1.31 bits per heavy atom. The monoisotopic (exact) mass is 379 g/mol. The summed E-state index contributed by atoms with van der Waals surface area (Å²) in [6.07, 6.45) is 0.788. The van der Waals surface area contributed by atoms with E-state index in [0.717, 1.165) is 6.42 Å². The van der Waals surface area contributed by atoms with Crippen molar-refractivity contribution in [2.45, 2.75) is 24.7 Å². The highest BCUT2D eigenvalue weighted by atomic mass is 16.2. The van der Waals surface area contributed by atoms with E-state index < -0.39 is 5.41 Å². The minimum Gasteiger partial charge on any atom is -0.274 e. The third-order valence-electron chi connectivity index (χ3n) is 7.37. The molecule has 2 atom stereocenters. The van der Waals surface area contributed by atoms with Crippen molar-refractivity contribution in [2.24, 2.45) is 11.8 Å². The van der Waals surface area contributed by atoms with Crippen molar-refractivity contribution in [3.8, 4) is 0 Å². The van der Waals surface area contributed by atoms with E-state index in [-0.39, 0.29) is 29.6 Å². The summed E-state index contributed by atoms with van der Waals surface area (Å²) in [6, 6.07) is 26.2. The molecule has 142 valence electrons. The van der Waals surface area contributed by atoms with Gasteiger partial charge in [0.2, 0.25) is 11.8 Å². The topological polar surface area (TPSA) is 37.4 Å². The fourth-order valence-corrected chi connectivity index (χ4v) is 6.36. The fraction of sp³-hybridized carbons (Fsp3) is 0.231. The maximum atomic E-state index is 13.8. The van der Waals surface area contributed by atoms with Gasteiger partial charge in [-0.25, -0.2) is 4.90 Å². The smallest absolute Gasteiger partial charge is 0.238 e. The molecule has 3 aromatic rings. The molecule has 7 rings (SSSR count). The molecular formula is C26H21NO2. The van der Waals surface area contributed by atoms with Crippen LogP contribution in [0, 0.1) is 11.8 Å². The molecular weight excluding hydrogens is 358 g/mol. The lowest BCUT2D eigenvalue weighted by atomic mass is 9.46. The minimum absolute atomic E-state index is 0.0537. The maximum Gasteiger partial charge on any atom is 0.238 e. The van der Waals surface area contributed by atoms with Gasteiger partial charge in [0.05, 0.1) is 17.5 Å². The van der Waals surface area contributed by atoms with E-state index in [0.29, 0.717) is 5.69 Å². The molecule has 3 aliphatic carbocycles. The van der Waals surface area contributed by atoms with E-state index in [1.54, 1.807) is 0 Å². The van der Waals surface area contributed by atoms with Crippen LogP contribution in [0.25, 0.3) is 0 Å². The molecule has 0 saturated carbocycles.